The maximum absolute atomic E-state index is 6.05. The van der Waals surface area contributed by atoms with E-state index in [2.05, 4.69) is 39.7 Å². The summed E-state index contributed by atoms with van der Waals surface area (Å²) < 4.78 is 2.03. The molecule has 0 amide bonds. The Bertz CT molecular complexity index is 332. The maximum atomic E-state index is 6.05. The molecule has 0 aromatic carbocycles. The molecule has 0 aliphatic rings. The first kappa shape index (κ1) is 11.6. The summed E-state index contributed by atoms with van der Waals surface area (Å²) in [6, 6.07) is 0.357. The van der Waals surface area contributed by atoms with Gasteiger partial charge in [-0.05, 0) is 20.8 Å². The minimum atomic E-state index is 0.0918. The van der Waals surface area contributed by atoms with E-state index in [1.165, 1.54) is 5.69 Å². The Kier molecular flexibility index (Phi) is 2.96. The van der Waals surface area contributed by atoms with E-state index in [1.54, 1.807) is 0 Å². The van der Waals surface area contributed by atoms with Gasteiger partial charge in [0, 0.05) is 22.7 Å². The zero-order chi connectivity index (χ0) is 11.1. The first-order chi connectivity index (χ1) is 6.25. The Morgan fingerprint density at radius 3 is 2.07 bits per heavy atom. The van der Waals surface area contributed by atoms with Gasteiger partial charge in [-0.15, -0.1) is 0 Å². The second kappa shape index (κ2) is 3.58. The SMILES string of the molecule is Cc1c(Cl)nn(C(C)C)c1C(C)(C)C. The lowest BCUT2D eigenvalue weighted by Gasteiger charge is -2.23. The molecule has 0 aliphatic carbocycles. The van der Waals surface area contributed by atoms with Gasteiger partial charge in [0.15, 0.2) is 5.15 Å². The molecule has 0 radical (unpaired) electrons. The van der Waals surface area contributed by atoms with Crippen LogP contribution < -0.4 is 0 Å². The second-order valence-corrected chi connectivity index (χ2v) is 5.41. The molecule has 0 saturated heterocycles. The molecule has 14 heavy (non-hydrogen) atoms. The van der Waals surface area contributed by atoms with Gasteiger partial charge in [0.1, 0.15) is 0 Å². The van der Waals surface area contributed by atoms with Crippen molar-refractivity contribution in [3.8, 4) is 0 Å². The summed E-state index contributed by atoms with van der Waals surface area (Å²) in [5, 5.41) is 4.99. The number of rotatable bonds is 1. The van der Waals surface area contributed by atoms with Gasteiger partial charge in [-0.25, -0.2) is 0 Å². The van der Waals surface area contributed by atoms with Crippen LogP contribution in [0, 0.1) is 6.92 Å². The molecule has 1 rings (SSSR count). The summed E-state index contributed by atoms with van der Waals surface area (Å²) in [6.07, 6.45) is 0. The van der Waals surface area contributed by atoms with E-state index in [1.807, 2.05) is 11.6 Å². The lowest BCUT2D eigenvalue weighted by molar-refractivity contribution is 0.444. The molecule has 0 spiro atoms. The highest BCUT2D eigenvalue weighted by atomic mass is 35.5. The topological polar surface area (TPSA) is 17.8 Å². The molecule has 0 unspecified atom stereocenters. The fourth-order valence-electron chi connectivity index (χ4n) is 1.77. The van der Waals surface area contributed by atoms with Crippen molar-refractivity contribution in [1.29, 1.82) is 0 Å². The fourth-order valence-corrected chi connectivity index (χ4v) is 1.94. The molecule has 0 fully saturated rings. The second-order valence-electron chi connectivity index (χ2n) is 5.05. The fraction of sp³-hybridized carbons (Fsp3) is 0.727. The number of nitrogens with zero attached hydrogens (tertiary/aromatic N) is 2. The van der Waals surface area contributed by atoms with E-state index in [4.69, 9.17) is 11.6 Å². The van der Waals surface area contributed by atoms with Gasteiger partial charge in [0.25, 0.3) is 0 Å². The Balaban J connectivity index is 3.38. The van der Waals surface area contributed by atoms with Crippen LogP contribution in [0.3, 0.4) is 0 Å². The normalized spacial score (nSPS) is 12.6. The average molecular weight is 215 g/mol. The third kappa shape index (κ3) is 1.95. The van der Waals surface area contributed by atoms with Crippen LogP contribution in [0.1, 0.15) is 51.9 Å². The van der Waals surface area contributed by atoms with Crippen molar-refractivity contribution in [1.82, 2.24) is 9.78 Å². The molecule has 0 N–H and O–H groups in total. The third-order valence-electron chi connectivity index (χ3n) is 2.29. The van der Waals surface area contributed by atoms with Gasteiger partial charge < -0.3 is 0 Å². The van der Waals surface area contributed by atoms with Crippen LogP contribution in [0.5, 0.6) is 0 Å². The van der Waals surface area contributed by atoms with E-state index < -0.39 is 0 Å². The van der Waals surface area contributed by atoms with Crippen molar-refractivity contribution in [2.75, 3.05) is 0 Å². The summed E-state index contributed by atoms with van der Waals surface area (Å²) in [6.45, 7) is 12.8. The summed E-state index contributed by atoms with van der Waals surface area (Å²) in [5.41, 5.74) is 2.43. The van der Waals surface area contributed by atoms with Crippen LogP contribution in [0.25, 0.3) is 0 Å². The zero-order valence-corrected chi connectivity index (χ0v) is 10.6. The largest absolute Gasteiger partial charge is 0.265 e. The molecule has 1 heterocycles. The standard InChI is InChI=1S/C11H19ClN2/c1-7(2)14-9(11(4,5)6)8(3)10(12)13-14/h7H,1-6H3. The van der Waals surface area contributed by atoms with E-state index in [0.29, 0.717) is 11.2 Å². The highest BCUT2D eigenvalue weighted by molar-refractivity contribution is 6.30. The number of hydrogen-bond donors (Lipinski definition) is 0. The Morgan fingerprint density at radius 1 is 1.29 bits per heavy atom. The molecule has 1 aromatic rings. The van der Waals surface area contributed by atoms with Crippen molar-refractivity contribution >= 4 is 11.6 Å². The monoisotopic (exact) mass is 214 g/mol. The highest BCUT2D eigenvalue weighted by Gasteiger charge is 2.25. The Labute approximate surface area is 91.3 Å². The minimum Gasteiger partial charge on any atom is -0.265 e. The Hall–Kier alpha value is -0.500. The highest BCUT2D eigenvalue weighted by Crippen LogP contribution is 2.31. The lowest BCUT2D eigenvalue weighted by atomic mass is 9.89. The molecular formula is C11H19ClN2. The smallest absolute Gasteiger partial charge is 0.154 e. The van der Waals surface area contributed by atoms with Crippen molar-refractivity contribution < 1.29 is 0 Å². The maximum Gasteiger partial charge on any atom is 0.154 e. The molecule has 0 saturated carbocycles. The summed E-state index contributed by atoms with van der Waals surface area (Å²) in [7, 11) is 0. The van der Waals surface area contributed by atoms with E-state index in [9.17, 15) is 0 Å². The van der Waals surface area contributed by atoms with Crippen molar-refractivity contribution in [3.05, 3.63) is 16.4 Å². The summed E-state index contributed by atoms with van der Waals surface area (Å²) in [4.78, 5) is 0. The molecule has 0 atom stereocenters. The van der Waals surface area contributed by atoms with Gasteiger partial charge >= 0.3 is 0 Å². The predicted octanol–water partition coefficient (Wildman–Crippen LogP) is 3.72. The molecular weight excluding hydrogens is 196 g/mol. The van der Waals surface area contributed by atoms with Crippen LogP contribution in [-0.4, -0.2) is 9.78 Å². The van der Waals surface area contributed by atoms with Gasteiger partial charge in [0.05, 0.1) is 0 Å². The zero-order valence-electron chi connectivity index (χ0n) is 9.85. The van der Waals surface area contributed by atoms with Gasteiger partial charge in [-0.1, -0.05) is 32.4 Å². The molecule has 0 aliphatic heterocycles. The molecule has 2 nitrogen and oxygen atoms in total. The quantitative estimate of drug-likeness (QED) is 0.697. The first-order valence-electron chi connectivity index (χ1n) is 5.00. The average Bonchev–Trinajstić information content (AvgIpc) is 2.27. The van der Waals surface area contributed by atoms with E-state index in [-0.39, 0.29) is 5.41 Å². The third-order valence-corrected chi connectivity index (χ3v) is 2.65. The Morgan fingerprint density at radius 2 is 1.79 bits per heavy atom. The van der Waals surface area contributed by atoms with Crippen molar-refractivity contribution in [2.24, 2.45) is 0 Å². The van der Waals surface area contributed by atoms with Gasteiger partial charge in [-0.3, -0.25) is 4.68 Å². The first-order valence-corrected chi connectivity index (χ1v) is 5.38. The summed E-state index contributed by atoms with van der Waals surface area (Å²) in [5.74, 6) is 0. The van der Waals surface area contributed by atoms with E-state index in [0.717, 1.165) is 5.56 Å². The lowest BCUT2D eigenvalue weighted by Crippen LogP contribution is -2.20. The number of aromatic nitrogens is 2. The predicted molar refractivity (Wildman–Crippen MR) is 61.1 cm³/mol. The van der Waals surface area contributed by atoms with Crippen LogP contribution in [-0.2, 0) is 5.41 Å². The van der Waals surface area contributed by atoms with Gasteiger partial charge in [0.2, 0.25) is 0 Å². The molecule has 80 valence electrons. The molecule has 1 aromatic heterocycles. The minimum absolute atomic E-state index is 0.0918. The molecule has 3 heteroatoms. The molecule has 0 bridgehead atoms. The van der Waals surface area contributed by atoms with Crippen LogP contribution in [0.2, 0.25) is 5.15 Å². The van der Waals surface area contributed by atoms with E-state index >= 15 is 0 Å². The van der Waals surface area contributed by atoms with Crippen LogP contribution in [0.15, 0.2) is 0 Å². The van der Waals surface area contributed by atoms with Crippen molar-refractivity contribution in [2.45, 2.75) is 53.0 Å². The van der Waals surface area contributed by atoms with Crippen LogP contribution in [0.4, 0.5) is 0 Å². The summed E-state index contributed by atoms with van der Waals surface area (Å²) >= 11 is 6.05. The number of hydrogen-bond acceptors (Lipinski definition) is 1. The van der Waals surface area contributed by atoms with Crippen LogP contribution >= 0.6 is 11.6 Å². The van der Waals surface area contributed by atoms with Crippen molar-refractivity contribution in [3.63, 3.8) is 0 Å². The number of halogens is 1. The van der Waals surface area contributed by atoms with Gasteiger partial charge in [-0.2, -0.15) is 5.10 Å².